The van der Waals surface area contributed by atoms with Gasteiger partial charge in [0.2, 0.25) is 0 Å². The topological polar surface area (TPSA) is 67.9 Å². The summed E-state index contributed by atoms with van der Waals surface area (Å²) in [7, 11) is -2.39. The van der Waals surface area contributed by atoms with Crippen molar-refractivity contribution in [3.63, 3.8) is 0 Å². The summed E-state index contributed by atoms with van der Waals surface area (Å²) in [5, 5.41) is 0. The van der Waals surface area contributed by atoms with Crippen molar-refractivity contribution in [1.82, 2.24) is 9.62 Å². The van der Waals surface area contributed by atoms with Gasteiger partial charge in [0.1, 0.15) is 5.75 Å². The molecule has 1 saturated carbocycles. The van der Waals surface area contributed by atoms with Gasteiger partial charge in [-0.1, -0.05) is 25.1 Å². The molecule has 172 valence electrons. The van der Waals surface area contributed by atoms with E-state index in [9.17, 15) is 9.00 Å². The van der Waals surface area contributed by atoms with Gasteiger partial charge in [0.05, 0.1) is 18.8 Å². The third kappa shape index (κ3) is 5.26. The molecule has 2 bridgehead atoms. The number of nitrogens with one attached hydrogen (secondary N) is 1. The van der Waals surface area contributed by atoms with E-state index in [0.29, 0.717) is 25.5 Å². The van der Waals surface area contributed by atoms with Gasteiger partial charge in [-0.25, -0.2) is 4.72 Å². The minimum Gasteiger partial charge on any atom is -0.480 e. The van der Waals surface area contributed by atoms with E-state index in [-0.39, 0.29) is 24.1 Å². The number of piperidine rings is 1. The molecule has 2 fully saturated rings. The molecular weight excluding hydrogens is 412 g/mol. The molecule has 1 N–H and O–H groups in total. The number of fused-ring (bicyclic) bond motifs is 5. The molecule has 0 spiro atoms. The minimum absolute atomic E-state index is 0.00402. The number of amides is 1. The first kappa shape index (κ1) is 22.6. The van der Waals surface area contributed by atoms with Crippen LogP contribution in [0.4, 0.5) is 0 Å². The maximum atomic E-state index is 13.6. The van der Waals surface area contributed by atoms with Gasteiger partial charge < -0.3 is 14.4 Å². The molecule has 2 unspecified atom stereocenters. The zero-order chi connectivity index (χ0) is 22.0. The van der Waals surface area contributed by atoms with E-state index < -0.39 is 15.8 Å². The number of carbonyl (C=O) groups excluding carboxylic acids is 1. The normalized spacial score (nSPS) is 33.7. The van der Waals surface area contributed by atoms with E-state index >= 15 is 0 Å². The van der Waals surface area contributed by atoms with Crippen molar-refractivity contribution in [2.75, 3.05) is 19.4 Å². The van der Waals surface area contributed by atoms with Crippen LogP contribution in [0.15, 0.2) is 24.3 Å². The lowest BCUT2D eigenvalue weighted by atomic mass is 9.82. The van der Waals surface area contributed by atoms with Crippen LogP contribution >= 0.6 is 0 Å². The van der Waals surface area contributed by atoms with Gasteiger partial charge in [0, 0.05) is 28.6 Å². The Balaban J connectivity index is 1.68. The molecule has 1 aromatic carbocycles. The Bertz CT molecular complexity index is 879. The average molecular weight is 449 g/mol. The van der Waals surface area contributed by atoms with Crippen LogP contribution < -0.4 is 9.46 Å². The van der Waals surface area contributed by atoms with Crippen LogP contribution in [0.25, 0.3) is 0 Å². The Morgan fingerprint density at radius 1 is 1.19 bits per heavy atom. The molecule has 4 atom stereocenters. The predicted octanol–water partition coefficient (Wildman–Crippen LogP) is 3.11. The second kappa shape index (κ2) is 9.51. The van der Waals surface area contributed by atoms with Crippen LogP contribution in [-0.2, 0) is 19.2 Å². The van der Waals surface area contributed by atoms with E-state index in [4.69, 9.17) is 9.47 Å². The lowest BCUT2D eigenvalue weighted by molar-refractivity contribution is -0.146. The Hall–Kier alpha value is -1.57. The number of ether oxygens (including phenoxy) is 2. The summed E-state index contributed by atoms with van der Waals surface area (Å²) < 4.78 is 28.4. The van der Waals surface area contributed by atoms with Gasteiger partial charge in [-0.2, -0.15) is 0 Å². The maximum absolute atomic E-state index is 13.6. The largest absolute Gasteiger partial charge is 0.480 e. The summed E-state index contributed by atoms with van der Waals surface area (Å²) in [5.41, 5.74) is 1.21. The first-order valence-electron chi connectivity index (χ1n) is 11.6. The number of hydrogen-bond donors (Lipinski definition) is 1. The summed E-state index contributed by atoms with van der Waals surface area (Å²) in [5.74, 6) is 5.05. The molecule has 0 radical (unpaired) electrons. The minimum atomic E-state index is -2.39. The summed E-state index contributed by atoms with van der Waals surface area (Å²) in [6.07, 6.45) is 7.74. The van der Waals surface area contributed by atoms with Crippen LogP contribution in [0.2, 0.25) is 0 Å². The predicted molar refractivity (Wildman–Crippen MR) is 125 cm³/mol. The second-order valence-corrected chi connectivity index (χ2v) is 11.6. The third-order valence-corrected chi connectivity index (χ3v) is 7.72. The third-order valence-electron chi connectivity index (χ3n) is 6.91. The highest BCUT2D eigenvalue weighted by molar-refractivity contribution is 7.97. The molecule has 1 saturated heterocycles. The molecule has 3 aliphatic heterocycles. The monoisotopic (exact) mass is 448 g/mol. The van der Waals surface area contributed by atoms with Crippen molar-refractivity contribution in [2.24, 2.45) is 0 Å². The number of nitrogens with zero attached hydrogens (tertiary/aromatic N) is 1. The van der Waals surface area contributed by atoms with Gasteiger partial charge >= 0.3 is 0 Å². The van der Waals surface area contributed by atoms with Crippen molar-refractivity contribution in [2.45, 2.75) is 82.1 Å². The van der Waals surface area contributed by atoms with Crippen molar-refractivity contribution in [3.8, 4) is 5.75 Å². The van der Waals surface area contributed by atoms with Gasteiger partial charge in [0.25, 0.3) is 5.91 Å². The molecule has 5 rings (SSSR count). The highest BCUT2D eigenvalue weighted by atomic mass is 32.2. The van der Waals surface area contributed by atoms with Crippen LogP contribution in [0.3, 0.4) is 0 Å². The van der Waals surface area contributed by atoms with Crippen LogP contribution in [0.1, 0.15) is 63.4 Å². The van der Waals surface area contributed by atoms with Gasteiger partial charge in [0.15, 0.2) is 6.10 Å². The molecule has 4 aliphatic rings. The fourth-order valence-electron chi connectivity index (χ4n) is 5.34. The van der Waals surface area contributed by atoms with Crippen molar-refractivity contribution in [3.05, 3.63) is 29.8 Å². The molecule has 6 nitrogen and oxygen atoms in total. The molecule has 31 heavy (non-hydrogen) atoms. The summed E-state index contributed by atoms with van der Waals surface area (Å²) in [6.45, 7) is 3.12. The fraction of sp³-hybridized carbons (Fsp3) is 0.667. The van der Waals surface area contributed by atoms with Crippen LogP contribution in [0, 0.1) is 0 Å². The number of carbonyl (C=O) groups is 1. The second-order valence-electron chi connectivity index (χ2n) is 9.33. The lowest BCUT2D eigenvalue weighted by Gasteiger charge is -2.43. The van der Waals surface area contributed by atoms with E-state index in [0.717, 1.165) is 44.3 Å². The molecule has 0 aromatic heterocycles. The van der Waals surface area contributed by atoms with Crippen molar-refractivity contribution < 1.29 is 18.5 Å². The quantitative estimate of drug-likeness (QED) is 0.722. The van der Waals surface area contributed by atoms with Crippen molar-refractivity contribution >= 4 is 21.5 Å². The van der Waals surface area contributed by atoms with E-state index in [2.05, 4.69) is 22.7 Å². The summed E-state index contributed by atoms with van der Waals surface area (Å²) in [4.78, 5) is 15.6. The fourth-order valence-corrected chi connectivity index (χ4v) is 6.26. The Labute approximate surface area is 186 Å². The molecular formula is C24H36N2O4S. The van der Waals surface area contributed by atoms with Crippen LogP contribution in [-0.4, -0.2) is 64.6 Å². The average Bonchev–Trinajstić information content (AvgIpc) is 2.76. The Kier molecular flexibility index (Phi) is 6.94. The van der Waals surface area contributed by atoms with Crippen molar-refractivity contribution in [1.29, 1.82) is 0 Å². The molecule has 1 aliphatic carbocycles. The highest BCUT2D eigenvalue weighted by Gasteiger charge is 2.39. The first-order valence-corrected chi connectivity index (χ1v) is 13.8. The Morgan fingerprint density at radius 2 is 1.94 bits per heavy atom. The molecule has 1 aromatic rings. The standard InChI is InChI=1S/C24H36N2O4S/c1-4-22-24(27)26-15-7-9-20(25-31(2,3)28)21(26)16-29-18-13-11-17(12-14-18)19-8-5-6-10-23(19)30-22/h5-6,8,10,17-18,20-22H,2,4,7,9,11-16H2,1,3H3,(H,25,28)/t17?,18?,20-,21?,22+,31?/m0/s1. The first-order chi connectivity index (χ1) is 14.9. The van der Waals surface area contributed by atoms with E-state index in [1.165, 1.54) is 5.56 Å². The number of hydrogen-bond acceptors (Lipinski definition) is 4. The zero-order valence-electron chi connectivity index (χ0n) is 18.8. The Morgan fingerprint density at radius 3 is 2.65 bits per heavy atom. The maximum Gasteiger partial charge on any atom is 0.264 e. The van der Waals surface area contributed by atoms with Gasteiger partial charge in [-0.15, -0.1) is 0 Å². The van der Waals surface area contributed by atoms with Crippen LogP contribution in [0.5, 0.6) is 5.75 Å². The van der Waals surface area contributed by atoms with Gasteiger partial charge in [-0.05, 0) is 68.4 Å². The van der Waals surface area contributed by atoms with E-state index in [1.54, 1.807) is 6.26 Å². The number of benzene rings is 1. The molecule has 1 amide bonds. The lowest BCUT2D eigenvalue weighted by Crippen LogP contribution is -2.61. The molecule has 7 heteroatoms. The molecule has 3 heterocycles. The number of para-hydroxylation sites is 1. The zero-order valence-corrected chi connectivity index (χ0v) is 19.6. The SMILES string of the molecule is C=S(C)(=O)N[C@H]1CCCN2C(=O)[C@@H](CC)Oc3ccccc3C3CCC(CC3)OCC12. The number of rotatable bonds is 3. The smallest absolute Gasteiger partial charge is 0.264 e. The summed E-state index contributed by atoms with van der Waals surface area (Å²) in [6, 6.07) is 7.92. The highest BCUT2D eigenvalue weighted by Crippen LogP contribution is 2.39. The summed E-state index contributed by atoms with van der Waals surface area (Å²) >= 11 is 0. The van der Waals surface area contributed by atoms with E-state index in [1.807, 2.05) is 24.0 Å². The van der Waals surface area contributed by atoms with Gasteiger partial charge in [-0.3, -0.25) is 9.00 Å².